The molecule has 2 heterocycles. The molecule has 0 saturated heterocycles. The van der Waals surface area contributed by atoms with Gasteiger partial charge < -0.3 is 0 Å². The number of fused-ring (bicyclic) bond motifs is 1. The number of rotatable bonds is 3. The zero-order valence-corrected chi connectivity index (χ0v) is 10.9. The van der Waals surface area contributed by atoms with E-state index in [4.69, 9.17) is 5.14 Å². The highest BCUT2D eigenvalue weighted by Crippen LogP contribution is 2.21. The van der Waals surface area contributed by atoms with Crippen LogP contribution in [0.2, 0.25) is 0 Å². The van der Waals surface area contributed by atoms with E-state index < -0.39 is 29.9 Å². The number of primary sulfonamides is 1. The average Bonchev–Trinajstić information content (AvgIpc) is 2.68. The van der Waals surface area contributed by atoms with Crippen molar-refractivity contribution in [1.82, 2.24) is 14.6 Å². The fraction of sp³-hybridized carbons (Fsp3) is 0.250. The van der Waals surface area contributed by atoms with Crippen LogP contribution in [0.15, 0.2) is 28.4 Å². The highest BCUT2D eigenvalue weighted by Gasteiger charge is 2.30. The van der Waals surface area contributed by atoms with Crippen LogP contribution in [-0.2, 0) is 19.9 Å². The van der Waals surface area contributed by atoms with Crippen LogP contribution >= 0.6 is 0 Å². The van der Waals surface area contributed by atoms with Crippen molar-refractivity contribution in [2.75, 3.05) is 5.75 Å². The summed E-state index contributed by atoms with van der Waals surface area (Å²) in [7, 11) is -8.06. The molecule has 0 aromatic carbocycles. The molecule has 0 saturated carbocycles. The van der Waals surface area contributed by atoms with Crippen molar-refractivity contribution in [1.29, 1.82) is 0 Å². The fourth-order valence-electron chi connectivity index (χ4n) is 1.43. The van der Waals surface area contributed by atoms with Crippen molar-refractivity contribution in [3.63, 3.8) is 0 Å². The van der Waals surface area contributed by atoms with E-state index in [0.717, 1.165) is 4.52 Å². The van der Waals surface area contributed by atoms with Crippen LogP contribution in [0.5, 0.6) is 0 Å². The van der Waals surface area contributed by atoms with Gasteiger partial charge in [0, 0.05) is 6.20 Å². The van der Waals surface area contributed by atoms with Crippen LogP contribution in [0.25, 0.3) is 5.65 Å². The van der Waals surface area contributed by atoms with Gasteiger partial charge in [-0.3, -0.25) is 0 Å². The lowest BCUT2D eigenvalue weighted by Crippen LogP contribution is -2.19. The van der Waals surface area contributed by atoms with Gasteiger partial charge in [0.1, 0.15) is 0 Å². The first-order valence-corrected chi connectivity index (χ1v) is 8.06. The Balaban J connectivity index is 3.00. The quantitative estimate of drug-likeness (QED) is 0.786. The van der Waals surface area contributed by atoms with E-state index in [9.17, 15) is 16.8 Å². The summed E-state index contributed by atoms with van der Waals surface area (Å²) in [6, 6.07) is 2.95. The van der Waals surface area contributed by atoms with Crippen molar-refractivity contribution in [2.24, 2.45) is 5.14 Å². The molecule has 0 aliphatic heterocycles. The summed E-state index contributed by atoms with van der Waals surface area (Å²) in [6.07, 6.45) is 1.31. The van der Waals surface area contributed by atoms with Gasteiger partial charge in [-0.25, -0.2) is 27.0 Å². The lowest BCUT2D eigenvalue weighted by Gasteiger charge is -2.00. The Labute approximate surface area is 103 Å². The minimum Gasteiger partial charge on any atom is -0.223 e. The zero-order valence-electron chi connectivity index (χ0n) is 9.31. The molecule has 0 unspecified atom stereocenters. The largest absolute Gasteiger partial charge is 0.258 e. The van der Waals surface area contributed by atoms with Crippen molar-refractivity contribution in [3.05, 3.63) is 18.3 Å². The van der Waals surface area contributed by atoms with Crippen LogP contribution in [0, 0.1) is 0 Å². The van der Waals surface area contributed by atoms with Crippen molar-refractivity contribution in [3.8, 4) is 0 Å². The number of hydrogen-bond donors (Lipinski definition) is 1. The molecule has 10 heteroatoms. The molecule has 0 amide bonds. The summed E-state index contributed by atoms with van der Waals surface area (Å²) in [5, 5.41) is 7.60. The summed E-state index contributed by atoms with van der Waals surface area (Å²) >= 11 is 0. The van der Waals surface area contributed by atoms with Gasteiger partial charge in [-0.05, 0) is 12.1 Å². The fourth-order valence-corrected chi connectivity index (χ4v) is 3.69. The lowest BCUT2D eigenvalue weighted by molar-refractivity contribution is 0.573. The molecule has 0 atom stereocenters. The molecule has 8 nitrogen and oxygen atoms in total. The predicted molar refractivity (Wildman–Crippen MR) is 62.1 cm³/mol. The van der Waals surface area contributed by atoms with Crippen LogP contribution < -0.4 is 5.14 Å². The van der Waals surface area contributed by atoms with Gasteiger partial charge >= 0.3 is 0 Å². The normalized spacial score (nSPS) is 13.0. The number of imidazole rings is 1. The second kappa shape index (κ2) is 4.00. The summed E-state index contributed by atoms with van der Waals surface area (Å²) in [4.78, 5) is 3.77. The number of nitrogens with zero attached hydrogens (tertiary/aromatic N) is 3. The third-order valence-electron chi connectivity index (χ3n) is 2.27. The Morgan fingerprint density at radius 2 is 2.00 bits per heavy atom. The van der Waals surface area contributed by atoms with Gasteiger partial charge in [0.05, 0.1) is 5.75 Å². The van der Waals surface area contributed by atoms with Gasteiger partial charge in [0.2, 0.25) is 5.03 Å². The summed E-state index contributed by atoms with van der Waals surface area (Å²) < 4.78 is 47.5. The molecule has 2 N–H and O–H groups in total. The van der Waals surface area contributed by atoms with Crippen molar-refractivity contribution in [2.45, 2.75) is 17.0 Å². The second-order valence-corrected chi connectivity index (χ2v) is 7.13. The molecule has 0 bridgehead atoms. The Hall–Kier alpha value is -1.52. The molecule has 0 fully saturated rings. The standard InChI is InChI=1S/C8H10N4O4S2/c1-2-17(13,14)7-8(18(9,15)16)12-6(11-7)4-3-5-10-12/h3-5H,2H2,1H3,(H2,9,15,16). The van der Waals surface area contributed by atoms with E-state index in [2.05, 4.69) is 10.1 Å². The minimum absolute atomic E-state index is 0.105. The van der Waals surface area contributed by atoms with Crippen LogP contribution in [-0.4, -0.2) is 37.2 Å². The van der Waals surface area contributed by atoms with Crippen molar-refractivity contribution >= 4 is 25.5 Å². The maximum Gasteiger partial charge on any atom is 0.258 e. The van der Waals surface area contributed by atoms with Gasteiger partial charge in [-0.1, -0.05) is 6.92 Å². The number of aromatic nitrogens is 3. The molecule has 0 radical (unpaired) electrons. The van der Waals surface area contributed by atoms with Gasteiger partial charge in [0.15, 0.2) is 20.5 Å². The minimum atomic E-state index is -4.25. The summed E-state index contributed by atoms with van der Waals surface area (Å²) in [6.45, 7) is 1.39. The first-order chi connectivity index (χ1) is 8.27. The summed E-state index contributed by atoms with van der Waals surface area (Å²) in [5.74, 6) is -0.278. The van der Waals surface area contributed by atoms with E-state index in [1.54, 1.807) is 0 Å². The maximum absolute atomic E-state index is 11.8. The van der Waals surface area contributed by atoms with E-state index >= 15 is 0 Å². The molecule has 0 aliphatic carbocycles. The molecular formula is C8H10N4O4S2. The molecular weight excluding hydrogens is 280 g/mol. The lowest BCUT2D eigenvalue weighted by atomic mass is 10.6. The van der Waals surface area contributed by atoms with Gasteiger partial charge in [-0.2, -0.15) is 9.61 Å². The highest BCUT2D eigenvalue weighted by molar-refractivity contribution is 7.93. The third kappa shape index (κ3) is 1.98. The van der Waals surface area contributed by atoms with Crippen molar-refractivity contribution < 1.29 is 16.8 Å². The van der Waals surface area contributed by atoms with E-state index in [0.29, 0.717) is 0 Å². The second-order valence-electron chi connectivity index (χ2n) is 3.46. The third-order valence-corrected chi connectivity index (χ3v) is 4.93. The highest BCUT2D eigenvalue weighted by atomic mass is 32.2. The molecule has 0 spiro atoms. The number of sulfone groups is 1. The molecule has 2 rings (SSSR count). The first-order valence-electron chi connectivity index (χ1n) is 4.86. The van der Waals surface area contributed by atoms with Crippen LogP contribution in [0.4, 0.5) is 0 Å². The Kier molecular flexibility index (Phi) is 2.87. The molecule has 2 aromatic rings. The predicted octanol–water partition coefficient (Wildman–Crippen LogP) is -0.830. The molecule has 98 valence electrons. The van der Waals surface area contributed by atoms with Gasteiger partial charge in [-0.15, -0.1) is 0 Å². The molecule has 0 aliphatic rings. The number of sulfonamides is 1. The SMILES string of the molecule is CCS(=O)(=O)c1nc2cccnn2c1S(N)(=O)=O. The molecule has 2 aromatic heterocycles. The smallest absolute Gasteiger partial charge is 0.223 e. The van der Waals surface area contributed by atoms with E-state index in [1.807, 2.05) is 0 Å². The Morgan fingerprint density at radius 1 is 1.33 bits per heavy atom. The molecule has 18 heavy (non-hydrogen) atoms. The summed E-state index contributed by atoms with van der Waals surface area (Å²) in [5.41, 5.74) is 0.105. The van der Waals surface area contributed by atoms with E-state index in [-0.39, 0.29) is 11.4 Å². The van der Waals surface area contributed by atoms with Gasteiger partial charge in [0.25, 0.3) is 10.0 Å². The number of nitrogens with two attached hydrogens (primary N) is 1. The topological polar surface area (TPSA) is 124 Å². The number of hydrogen-bond acceptors (Lipinski definition) is 6. The first kappa shape index (κ1) is 12.9. The Bertz CT molecular complexity index is 807. The van der Waals surface area contributed by atoms with Crippen LogP contribution in [0.1, 0.15) is 6.92 Å². The monoisotopic (exact) mass is 290 g/mol. The maximum atomic E-state index is 11.8. The van der Waals surface area contributed by atoms with Crippen LogP contribution in [0.3, 0.4) is 0 Å². The Morgan fingerprint density at radius 3 is 2.56 bits per heavy atom. The van der Waals surface area contributed by atoms with E-state index in [1.165, 1.54) is 25.3 Å². The zero-order chi connectivity index (χ0) is 13.6. The average molecular weight is 290 g/mol.